The van der Waals surface area contributed by atoms with Gasteiger partial charge in [-0.05, 0) is 30.2 Å². The van der Waals surface area contributed by atoms with Gasteiger partial charge in [-0.15, -0.1) is 10.2 Å². The maximum absolute atomic E-state index is 12.2. The lowest BCUT2D eigenvalue weighted by atomic mass is 10.1. The Balaban J connectivity index is 1.88. The Kier molecular flexibility index (Phi) is 5.59. The standard InChI is InChI=1S/C19H17Cl2N3O2/c1-2-9-24-16-6-4-3-5-14(16)18(19(24)26)23-22-17(25)10-12-7-8-13(20)11-15(12)21/h3-8,11,26H,2,9-10H2,1H3. The molecule has 0 spiro atoms. The van der Waals surface area contributed by atoms with Crippen LogP contribution in [0, 0.1) is 0 Å². The Hall–Kier alpha value is -2.37. The Labute approximate surface area is 160 Å². The molecule has 0 fully saturated rings. The number of azo groups is 1. The highest BCUT2D eigenvalue weighted by atomic mass is 35.5. The van der Waals surface area contributed by atoms with Gasteiger partial charge in [0.1, 0.15) is 0 Å². The van der Waals surface area contributed by atoms with Crippen LogP contribution in [0.3, 0.4) is 0 Å². The number of hydrogen-bond donors (Lipinski definition) is 1. The third kappa shape index (κ3) is 3.74. The summed E-state index contributed by atoms with van der Waals surface area (Å²) in [5.74, 6) is -0.449. The molecular formula is C19H17Cl2N3O2. The Bertz CT molecular complexity index is 996. The molecule has 26 heavy (non-hydrogen) atoms. The maximum atomic E-state index is 12.2. The Morgan fingerprint density at radius 3 is 2.69 bits per heavy atom. The Morgan fingerprint density at radius 2 is 1.96 bits per heavy atom. The Morgan fingerprint density at radius 1 is 1.19 bits per heavy atom. The number of para-hydroxylation sites is 1. The molecule has 0 aliphatic rings. The van der Waals surface area contributed by atoms with Crippen LogP contribution in [0.2, 0.25) is 10.0 Å². The summed E-state index contributed by atoms with van der Waals surface area (Å²) in [4.78, 5) is 12.2. The molecule has 134 valence electrons. The van der Waals surface area contributed by atoms with Gasteiger partial charge in [-0.3, -0.25) is 4.79 Å². The van der Waals surface area contributed by atoms with E-state index >= 15 is 0 Å². The highest BCUT2D eigenvalue weighted by molar-refractivity contribution is 6.35. The fraction of sp³-hybridized carbons (Fsp3) is 0.211. The van der Waals surface area contributed by atoms with Crippen LogP contribution in [0.15, 0.2) is 52.7 Å². The quantitative estimate of drug-likeness (QED) is 0.550. The van der Waals surface area contributed by atoms with Crippen molar-refractivity contribution in [1.82, 2.24) is 4.57 Å². The van der Waals surface area contributed by atoms with Crippen molar-refractivity contribution >= 4 is 45.7 Å². The van der Waals surface area contributed by atoms with Crippen molar-refractivity contribution in [3.8, 4) is 5.88 Å². The summed E-state index contributed by atoms with van der Waals surface area (Å²) >= 11 is 11.9. The third-order valence-corrected chi connectivity index (χ3v) is 4.57. The fourth-order valence-corrected chi connectivity index (χ4v) is 3.26. The number of aromatic nitrogens is 1. The molecule has 0 unspecified atom stereocenters. The van der Waals surface area contributed by atoms with Gasteiger partial charge in [0.2, 0.25) is 5.88 Å². The number of nitrogens with zero attached hydrogens (tertiary/aromatic N) is 3. The number of benzene rings is 2. The van der Waals surface area contributed by atoms with Gasteiger partial charge >= 0.3 is 0 Å². The molecule has 1 aromatic heterocycles. The van der Waals surface area contributed by atoms with Gasteiger partial charge in [-0.2, -0.15) is 0 Å². The summed E-state index contributed by atoms with van der Waals surface area (Å²) in [6.07, 6.45) is 0.866. The van der Waals surface area contributed by atoms with Crippen molar-refractivity contribution in [1.29, 1.82) is 0 Å². The van der Waals surface area contributed by atoms with Crippen LogP contribution in [0.25, 0.3) is 10.9 Å². The zero-order chi connectivity index (χ0) is 18.7. The summed E-state index contributed by atoms with van der Waals surface area (Å²) in [5.41, 5.74) is 1.77. The van der Waals surface area contributed by atoms with E-state index in [1.54, 1.807) is 22.8 Å². The maximum Gasteiger partial charge on any atom is 0.269 e. The molecule has 2 aromatic carbocycles. The van der Waals surface area contributed by atoms with Crippen molar-refractivity contribution in [3.63, 3.8) is 0 Å². The number of halogens is 2. The molecule has 3 rings (SSSR count). The van der Waals surface area contributed by atoms with Crippen molar-refractivity contribution in [2.24, 2.45) is 10.2 Å². The highest BCUT2D eigenvalue weighted by Crippen LogP contribution is 2.38. The van der Waals surface area contributed by atoms with E-state index < -0.39 is 5.91 Å². The lowest BCUT2D eigenvalue weighted by molar-refractivity contribution is -0.117. The van der Waals surface area contributed by atoms with Gasteiger partial charge in [-0.25, -0.2) is 0 Å². The van der Waals surface area contributed by atoms with Crippen molar-refractivity contribution < 1.29 is 9.90 Å². The predicted octanol–water partition coefficient (Wildman–Crippen LogP) is 5.92. The van der Waals surface area contributed by atoms with E-state index in [9.17, 15) is 9.90 Å². The topological polar surface area (TPSA) is 66.9 Å². The summed E-state index contributed by atoms with van der Waals surface area (Å²) in [6.45, 7) is 2.67. The van der Waals surface area contributed by atoms with Crippen LogP contribution in [-0.4, -0.2) is 15.6 Å². The number of hydrogen-bond acceptors (Lipinski definition) is 3. The fourth-order valence-electron chi connectivity index (χ4n) is 2.79. The van der Waals surface area contributed by atoms with Crippen LogP contribution >= 0.6 is 23.2 Å². The average Bonchev–Trinajstić information content (AvgIpc) is 2.88. The molecule has 0 atom stereocenters. The number of carbonyl (C=O) groups is 1. The first-order chi connectivity index (χ1) is 12.5. The van der Waals surface area contributed by atoms with Gasteiger partial charge in [0, 0.05) is 22.0 Å². The minimum absolute atomic E-state index is 0.00780. The van der Waals surface area contributed by atoms with Gasteiger partial charge in [-0.1, -0.05) is 54.4 Å². The largest absolute Gasteiger partial charge is 0.493 e. The number of amides is 1. The number of carbonyl (C=O) groups excluding carboxylic acids is 1. The van der Waals surface area contributed by atoms with Gasteiger partial charge in [0.15, 0.2) is 5.69 Å². The van der Waals surface area contributed by atoms with E-state index in [2.05, 4.69) is 10.2 Å². The van der Waals surface area contributed by atoms with E-state index in [0.29, 0.717) is 27.8 Å². The molecule has 0 saturated heterocycles. The zero-order valence-corrected chi connectivity index (χ0v) is 15.6. The lowest BCUT2D eigenvalue weighted by Crippen LogP contribution is -1.98. The molecule has 0 radical (unpaired) electrons. The number of aromatic hydroxyl groups is 1. The molecule has 1 amide bonds. The van der Waals surface area contributed by atoms with Crippen LogP contribution in [0.4, 0.5) is 5.69 Å². The lowest BCUT2D eigenvalue weighted by Gasteiger charge is -2.03. The van der Waals surface area contributed by atoms with E-state index in [4.69, 9.17) is 23.2 Å². The smallest absolute Gasteiger partial charge is 0.269 e. The van der Waals surface area contributed by atoms with Crippen LogP contribution in [0.1, 0.15) is 18.9 Å². The van der Waals surface area contributed by atoms with Gasteiger partial charge < -0.3 is 9.67 Å². The van der Waals surface area contributed by atoms with Crippen molar-refractivity contribution in [2.45, 2.75) is 26.3 Å². The summed E-state index contributed by atoms with van der Waals surface area (Å²) in [5, 5.41) is 19.9. The predicted molar refractivity (Wildman–Crippen MR) is 104 cm³/mol. The SMILES string of the molecule is CCCn1c(O)c(N=NC(=O)Cc2ccc(Cl)cc2Cl)c2ccccc21. The minimum atomic E-state index is -0.457. The first-order valence-electron chi connectivity index (χ1n) is 8.20. The zero-order valence-electron chi connectivity index (χ0n) is 14.1. The molecule has 1 heterocycles. The molecule has 0 aliphatic carbocycles. The van der Waals surface area contributed by atoms with Gasteiger partial charge in [0.05, 0.1) is 11.9 Å². The monoisotopic (exact) mass is 389 g/mol. The minimum Gasteiger partial charge on any atom is -0.493 e. The molecule has 7 heteroatoms. The molecule has 0 saturated carbocycles. The second-order valence-electron chi connectivity index (χ2n) is 5.85. The number of aryl methyl sites for hydroxylation is 1. The van der Waals surface area contributed by atoms with Crippen molar-refractivity contribution in [2.75, 3.05) is 0 Å². The highest BCUT2D eigenvalue weighted by Gasteiger charge is 2.16. The molecule has 1 N–H and O–H groups in total. The first-order valence-corrected chi connectivity index (χ1v) is 8.95. The summed E-state index contributed by atoms with van der Waals surface area (Å²) < 4.78 is 1.77. The molecule has 3 aromatic rings. The van der Waals surface area contributed by atoms with Gasteiger partial charge in [0.25, 0.3) is 5.91 Å². The second kappa shape index (κ2) is 7.89. The molecular weight excluding hydrogens is 373 g/mol. The average molecular weight is 390 g/mol. The summed E-state index contributed by atoms with van der Waals surface area (Å²) in [6, 6.07) is 12.4. The van der Waals surface area contributed by atoms with E-state index in [1.165, 1.54) is 0 Å². The second-order valence-corrected chi connectivity index (χ2v) is 6.69. The number of fused-ring (bicyclic) bond motifs is 1. The number of rotatable bonds is 5. The normalized spacial score (nSPS) is 11.5. The molecule has 5 nitrogen and oxygen atoms in total. The first kappa shape index (κ1) is 18.4. The van der Waals surface area contributed by atoms with Crippen molar-refractivity contribution in [3.05, 3.63) is 58.1 Å². The van der Waals surface area contributed by atoms with E-state index in [1.807, 2.05) is 31.2 Å². The van der Waals surface area contributed by atoms with E-state index in [0.717, 1.165) is 17.3 Å². The van der Waals surface area contributed by atoms with Crippen LogP contribution in [0.5, 0.6) is 5.88 Å². The molecule has 0 bridgehead atoms. The summed E-state index contributed by atoms with van der Waals surface area (Å²) in [7, 11) is 0. The third-order valence-electron chi connectivity index (χ3n) is 3.98. The van der Waals surface area contributed by atoms with E-state index in [-0.39, 0.29) is 12.3 Å². The molecule has 0 aliphatic heterocycles. The van der Waals surface area contributed by atoms with Crippen LogP contribution < -0.4 is 0 Å². The van der Waals surface area contributed by atoms with Crippen LogP contribution in [-0.2, 0) is 17.8 Å².